The van der Waals surface area contributed by atoms with Gasteiger partial charge in [-0.1, -0.05) is 42.0 Å². The second kappa shape index (κ2) is 3.13. The van der Waals surface area contributed by atoms with Crippen molar-refractivity contribution in [1.82, 2.24) is 4.98 Å². The average molecular weight is 195 g/mol. The molecule has 1 heterocycles. The molecule has 0 amide bonds. The maximum absolute atomic E-state index is 3.49. The molecule has 0 saturated heterocycles. The van der Waals surface area contributed by atoms with E-state index >= 15 is 0 Å². The topological polar surface area (TPSA) is 15.8 Å². The molecular weight excluding hydrogens is 182 g/mol. The SMILES string of the molecule is CC1=CC=Cc2c([nH]c3ccccc23)C1. The minimum absolute atomic E-state index is 1.02. The zero-order chi connectivity index (χ0) is 10.3. The molecule has 0 saturated carbocycles. The Kier molecular flexibility index (Phi) is 1.78. The van der Waals surface area contributed by atoms with Crippen LogP contribution >= 0.6 is 0 Å². The number of benzene rings is 1. The van der Waals surface area contributed by atoms with Crippen molar-refractivity contribution in [2.24, 2.45) is 0 Å². The first kappa shape index (κ1) is 8.54. The third-order valence-electron chi connectivity index (χ3n) is 2.93. The Labute approximate surface area is 89.1 Å². The zero-order valence-corrected chi connectivity index (χ0v) is 8.75. The fourth-order valence-corrected chi connectivity index (χ4v) is 2.20. The van der Waals surface area contributed by atoms with Gasteiger partial charge in [-0.15, -0.1) is 0 Å². The van der Waals surface area contributed by atoms with Crippen LogP contribution in [0.4, 0.5) is 0 Å². The van der Waals surface area contributed by atoms with Gasteiger partial charge in [-0.3, -0.25) is 0 Å². The summed E-state index contributed by atoms with van der Waals surface area (Å²) in [6, 6.07) is 8.48. The molecule has 1 aromatic heterocycles. The number of para-hydroxylation sites is 1. The highest BCUT2D eigenvalue weighted by Gasteiger charge is 2.10. The number of allylic oxidation sites excluding steroid dienone is 3. The molecule has 1 aromatic carbocycles. The maximum atomic E-state index is 3.49. The van der Waals surface area contributed by atoms with Gasteiger partial charge in [0.2, 0.25) is 0 Å². The molecule has 2 aromatic rings. The molecule has 0 atom stereocenters. The minimum atomic E-state index is 1.02. The van der Waals surface area contributed by atoms with E-state index in [0.717, 1.165) is 6.42 Å². The highest BCUT2D eigenvalue weighted by atomic mass is 14.7. The van der Waals surface area contributed by atoms with E-state index in [1.165, 1.54) is 27.7 Å². The lowest BCUT2D eigenvalue weighted by atomic mass is 10.1. The smallest absolute Gasteiger partial charge is 0.0462 e. The van der Waals surface area contributed by atoms with Gasteiger partial charge in [0.05, 0.1) is 0 Å². The van der Waals surface area contributed by atoms with E-state index in [1.807, 2.05) is 0 Å². The highest BCUT2D eigenvalue weighted by Crippen LogP contribution is 2.27. The number of aromatic amines is 1. The summed E-state index contributed by atoms with van der Waals surface area (Å²) in [4.78, 5) is 3.49. The molecule has 0 radical (unpaired) electrons. The summed E-state index contributed by atoms with van der Waals surface area (Å²) >= 11 is 0. The Balaban J connectivity index is 2.31. The molecular formula is C14H13N. The third-order valence-corrected chi connectivity index (χ3v) is 2.93. The summed E-state index contributed by atoms with van der Waals surface area (Å²) in [6.45, 7) is 2.17. The van der Waals surface area contributed by atoms with Crippen LogP contribution in [0, 0.1) is 0 Å². The van der Waals surface area contributed by atoms with Crippen molar-refractivity contribution in [3.8, 4) is 0 Å². The van der Waals surface area contributed by atoms with Crippen LogP contribution in [0.3, 0.4) is 0 Å². The van der Waals surface area contributed by atoms with Crippen LogP contribution in [0.1, 0.15) is 18.2 Å². The molecule has 74 valence electrons. The second-order valence-corrected chi connectivity index (χ2v) is 4.11. The summed E-state index contributed by atoms with van der Waals surface area (Å²) in [5.74, 6) is 0. The van der Waals surface area contributed by atoms with Crippen LogP contribution < -0.4 is 0 Å². The van der Waals surface area contributed by atoms with Crippen molar-refractivity contribution in [2.75, 3.05) is 0 Å². The number of fused-ring (bicyclic) bond motifs is 3. The summed E-state index contributed by atoms with van der Waals surface area (Å²) in [6.07, 6.45) is 7.55. The van der Waals surface area contributed by atoms with Gasteiger partial charge in [0.25, 0.3) is 0 Å². The molecule has 0 fully saturated rings. The van der Waals surface area contributed by atoms with Gasteiger partial charge < -0.3 is 4.98 Å². The van der Waals surface area contributed by atoms with E-state index in [2.05, 4.69) is 54.4 Å². The Morgan fingerprint density at radius 3 is 3.00 bits per heavy atom. The monoisotopic (exact) mass is 195 g/mol. The highest BCUT2D eigenvalue weighted by molar-refractivity contribution is 5.91. The van der Waals surface area contributed by atoms with Gasteiger partial charge in [0, 0.05) is 28.6 Å². The minimum Gasteiger partial charge on any atom is -0.358 e. The van der Waals surface area contributed by atoms with Gasteiger partial charge in [-0.2, -0.15) is 0 Å². The molecule has 0 aliphatic heterocycles. The molecule has 1 aliphatic carbocycles. The number of H-pyrrole nitrogens is 1. The number of nitrogens with one attached hydrogen (secondary N) is 1. The Hall–Kier alpha value is -1.76. The van der Waals surface area contributed by atoms with Gasteiger partial charge >= 0.3 is 0 Å². The third kappa shape index (κ3) is 1.32. The molecule has 0 bridgehead atoms. The molecule has 0 unspecified atom stereocenters. The van der Waals surface area contributed by atoms with E-state index in [0.29, 0.717) is 0 Å². The van der Waals surface area contributed by atoms with Gasteiger partial charge in [-0.25, -0.2) is 0 Å². The van der Waals surface area contributed by atoms with Crippen molar-refractivity contribution in [2.45, 2.75) is 13.3 Å². The lowest BCUT2D eigenvalue weighted by molar-refractivity contribution is 1.08. The molecule has 15 heavy (non-hydrogen) atoms. The Morgan fingerprint density at radius 2 is 2.07 bits per heavy atom. The predicted octanol–water partition coefficient (Wildman–Crippen LogP) is 3.68. The Morgan fingerprint density at radius 1 is 1.20 bits per heavy atom. The largest absolute Gasteiger partial charge is 0.358 e. The van der Waals surface area contributed by atoms with Crippen molar-refractivity contribution < 1.29 is 0 Å². The van der Waals surface area contributed by atoms with Crippen LogP contribution in [0.25, 0.3) is 17.0 Å². The van der Waals surface area contributed by atoms with E-state index in [-0.39, 0.29) is 0 Å². The quantitative estimate of drug-likeness (QED) is 0.660. The van der Waals surface area contributed by atoms with Crippen molar-refractivity contribution >= 4 is 17.0 Å². The molecule has 1 heteroatoms. The lowest BCUT2D eigenvalue weighted by Gasteiger charge is -1.97. The van der Waals surface area contributed by atoms with Gasteiger partial charge in [0.15, 0.2) is 0 Å². The standard InChI is InChI=1S/C14H13N/c1-10-5-4-7-12-11-6-2-3-8-13(11)15-14(12)9-10/h2-8,15H,9H2,1H3. The zero-order valence-electron chi connectivity index (χ0n) is 8.75. The average Bonchev–Trinajstić information content (AvgIpc) is 2.46. The molecule has 3 rings (SSSR count). The summed E-state index contributed by atoms with van der Waals surface area (Å²) in [7, 11) is 0. The lowest BCUT2D eigenvalue weighted by Crippen LogP contribution is -1.87. The van der Waals surface area contributed by atoms with Crippen molar-refractivity contribution in [1.29, 1.82) is 0 Å². The molecule has 0 spiro atoms. The van der Waals surface area contributed by atoms with E-state index in [9.17, 15) is 0 Å². The fraction of sp³-hybridized carbons (Fsp3) is 0.143. The fourth-order valence-electron chi connectivity index (χ4n) is 2.20. The molecule has 1 aliphatic rings. The summed E-state index contributed by atoms with van der Waals surface area (Å²) in [5.41, 5.74) is 5.32. The molecule has 1 nitrogen and oxygen atoms in total. The summed E-state index contributed by atoms with van der Waals surface area (Å²) in [5, 5.41) is 1.33. The first-order chi connectivity index (χ1) is 7.34. The number of hydrogen-bond acceptors (Lipinski definition) is 0. The van der Waals surface area contributed by atoms with Crippen LogP contribution in [0.5, 0.6) is 0 Å². The van der Waals surface area contributed by atoms with E-state index in [1.54, 1.807) is 0 Å². The van der Waals surface area contributed by atoms with Gasteiger partial charge in [0.1, 0.15) is 0 Å². The maximum Gasteiger partial charge on any atom is 0.0462 e. The summed E-state index contributed by atoms with van der Waals surface area (Å²) < 4.78 is 0. The number of aromatic nitrogens is 1. The van der Waals surface area contributed by atoms with Crippen molar-refractivity contribution in [3.63, 3.8) is 0 Å². The van der Waals surface area contributed by atoms with Crippen molar-refractivity contribution in [3.05, 3.63) is 53.2 Å². The van der Waals surface area contributed by atoms with Crippen LogP contribution in [0.15, 0.2) is 42.0 Å². The Bertz CT molecular complexity index is 570. The normalized spacial score (nSPS) is 14.9. The predicted molar refractivity (Wildman–Crippen MR) is 64.8 cm³/mol. The molecule has 1 N–H and O–H groups in total. The van der Waals surface area contributed by atoms with E-state index in [4.69, 9.17) is 0 Å². The number of hydrogen-bond donors (Lipinski definition) is 1. The van der Waals surface area contributed by atoms with E-state index < -0.39 is 0 Å². The van der Waals surface area contributed by atoms with Crippen LogP contribution in [0.2, 0.25) is 0 Å². The number of rotatable bonds is 0. The second-order valence-electron chi connectivity index (χ2n) is 4.11. The van der Waals surface area contributed by atoms with Crippen LogP contribution in [-0.4, -0.2) is 4.98 Å². The first-order valence-corrected chi connectivity index (χ1v) is 5.28. The van der Waals surface area contributed by atoms with Crippen LogP contribution in [-0.2, 0) is 6.42 Å². The van der Waals surface area contributed by atoms with Gasteiger partial charge in [-0.05, 0) is 13.0 Å². The first-order valence-electron chi connectivity index (χ1n) is 5.28.